The van der Waals surface area contributed by atoms with E-state index < -0.39 is 0 Å². The summed E-state index contributed by atoms with van der Waals surface area (Å²) in [6.07, 6.45) is 0.114. The molecule has 0 amide bonds. The number of benzene rings is 1. The Bertz CT molecular complexity index is 334. The maximum atomic E-state index is 9.06. The SMILES string of the molecule is COc1cc([C](C)CO)ccc1OC(C)C. The van der Waals surface area contributed by atoms with Crippen molar-refractivity contribution in [2.75, 3.05) is 13.7 Å². The Morgan fingerprint density at radius 2 is 2.00 bits per heavy atom. The summed E-state index contributed by atoms with van der Waals surface area (Å²) in [6, 6.07) is 5.67. The zero-order chi connectivity index (χ0) is 12.1. The standard InChI is InChI=1S/C13H19O3/c1-9(2)16-12-6-5-11(10(3)8-14)7-13(12)15-4/h5-7,9,14H,8H2,1-4H3. The van der Waals surface area contributed by atoms with Crippen LogP contribution < -0.4 is 9.47 Å². The molecular weight excluding hydrogens is 204 g/mol. The van der Waals surface area contributed by atoms with E-state index >= 15 is 0 Å². The highest BCUT2D eigenvalue weighted by atomic mass is 16.5. The van der Waals surface area contributed by atoms with Crippen molar-refractivity contribution in [3.05, 3.63) is 29.7 Å². The summed E-state index contributed by atoms with van der Waals surface area (Å²) in [5.41, 5.74) is 0.968. The Morgan fingerprint density at radius 3 is 2.50 bits per heavy atom. The molecule has 0 spiro atoms. The molecule has 0 bridgehead atoms. The quantitative estimate of drug-likeness (QED) is 0.833. The van der Waals surface area contributed by atoms with Crippen LogP contribution in [-0.2, 0) is 0 Å². The minimum Gasteiger partial charge on any atom is -0.493 e. The van der Waals surface area contributed by atoms with Gasteiger partial charge in [-0.2, -0.15) is 0 Å². The highest BCUT2D eigenvalue weighted by Crippen LogP contribution is 2.31. The lowest BCUT2D eigenvalue weighted by molar-refractivity contribution is 0.230. The third kappa shape index (κ3) is 3.14. The maximum Gasteiger partial charge on any atom is 0.161 e. The van der Waals surface area contributed by atoms with Crippen LogP contribution in [0, 0.1) is 5.92 Å². The van der Waals surface area contributed by atoms with Crippen LogP contribution in [0.2, 0.25) is 0 Å². The number of rotatable bonds is 5. The second-order valence-electron chi connectivity index (χ2n) is 3.97. The molecule has 1 aromatic carbocycles. The van der Waals surface area contributed by atoms with E-state index in [0.717, 1.165) is 17.2 Å². The van der Waals surface area contributed by atoms with Gasteiger partial charge < -0.3 is 14.6 Å². The average Bonchev–Trinajstić information content (AvgIpc) is 2.27. The van der Waals surface area contributed by atoms with Gasteiger partial charge in [-0.25, -0.2) is 0 Å². The molecule has 1 radical (unpaired) electrons. The van der Waals surface area contributed by atoms with Gasteiger partial charge in [-0.1, -0.05) is 13.0 Å². The van der Waals surface area contributed by atoms with Gasteiger partial charge in [-0.05, 0) is 31.5 Å². The van der Waals surface area contributed by atoms with Crippen molar-refractivity contribution in [3.8, 4) is 11.5 Å². The lowest BCUT2D eigenvalue weighted by Crippen LogP contribution is -2.07. The summed E-state index contributed by atoms with van der Waals surface area (Å²) in [4.78, 5) is 0. The minimum absolute atomic E-state index is 0.0491. The predicted molar refractivity (Wildman–Crippen MR) is 63.9 cm³/mol. The first-order valence-electron chi connectivity index (χ1n) is 5.36. The highest BCUT2D eigenvalue weighted by molar-refractivity contribution is 5.46. The average molecular weight is 223 g/mol. The maximum absolute atomic E-state index is 9.06. The van der Waals surface area contributed by atoms with Gasteiger partial charge in [-0.3, -0.25) is 0 Å². The topological polar surface area (TPSA) is 38.7 Å². The zero-order valence-electron chi connectivity index (χ0n) is 10.3. The molecule has 0 fully saturated rings. The van der Waals surface area contributed by atoms with Crippen LogP contribution >= 0.6 is 0 Å². The number of ether oxygens (including phenoxy) is 2. The van der Waals surface area contributed by atoms with Gasteiger partial charge in [-0.15, -0.1) is 0 Å². The van der Waals surface area contributed by atoms with Crippen LogP contribution in [0.3, 0.4) is 0 Å². The monoisotopic (exact) mass is 223 g/mol. The van der Waals surface area contributed by atoms with Crippen molar-refractivity contribution >= 4 is 0 Å². The van der Waals surface area contributed by atoms with E-state index in [1.165, 1.54) is 0 Å². The van der Waals surface area contributed by atoms with Crippen LogP contribution in [0.5, 0.6) is 11.5 Å². The molecule has 0 aromatic heterocycles. The fourth-order valence-corrected chi connectivity index (χ4v) is 1.38. The molecule has 3 nitrogen and oxygen atoms in total. The number of aliphatic hydroxyl groups excluding tert-OH is 1. The fourth-order valence-electron chi connectivity index (χ4n) is 1.38. The molecule has 0 atom stereocenters. The van der Waals surface area contributed by atoms with E-state index in [2.05, 4.69) is 0 Å². The third-order valence-electron chi connectivity index (χ3n) is 2.26. The van der Waals surface area contributed by atoms with Crippen LogP contribution in [0.1, 0.15) is 26.3 Å². The normalized spacial score (nSPS) is 10.9. The Kier molecular flexibility index (Phi) is 4.62. The number of aliphatic hydroxyl groups is 1. The van der Waals surface area contributed by atoms with Crippen molar-refractivity contribution in [1.29, 1.82) is 0 Å². The summed E-state index contributed by atoms with van der Waals surface area (Å²) in [7, 11) is 1.61. The van der Waals surface area contributed by atoms with E-state index in [0.29, 0.717) is 5.75 Å². The molecule has 0 heterocycles. The van der Waals surface area contributed by atoms with Crippen LogP contribution in [0.25, 0.3) is 0 Å². The molecule has 0 unspecified atom stereocenters. The molecule has 1 N–H and O–H groups in total. The van der Waals surface area contributed by atoms with Crippen molar-refractivity contribution in [2.45, 2.75) is 26.9 Å². The molecule has 0 saturated carbocycles. The van der Waals surface area contributed by atoms with E-state index in [1.54, 1.807) is 7.11 Å². The van der Waals surface area contributed by atoms with E-state index in [4.69, 9.17) is 14.6 Å². The Hall–Kier alpha value is -1.22. The first-order valence-corrected chi connectivity index (χ1v) is 5.36. The number of hydrogen-bond acceptors (Lipinski definition) is 3. The summed E-state index contributed by atoms with van der Waals surface area (Å²) >= 11 is 0. The smallest absolute Gasteiger partial charge is 0.161 e. The molecule has 89 valence electrons. The zero-order valence-corrected chi connectivity index (χ0v) is 10.3. The van der Waals surface area contributed by atoms with Gasteiger partial charge in [0, 0.05) is 5.92 Å². The summed E-state index contributed by atoms with van der Waals surface area (Å²) < 4.78 is 10.9. The van der Waals surface area contributed by atoms with Crippen LogP contribution in [0.15, 0.2) is 18.2 Å². The second kappa shape index (κ2) is 5.75. The fraction of sp³-hybridized carbons (Fsp3) is 0.462. The lowest BCUT2D eigenvalue weighted by Gasteiger charge is -2.16. The largest absolute Gasteiger partial charge is 0.493 e. The Morgan fingerprint density at radius 1 is 1.31 bits per heavy atom. The van der Waals surface area contributed by atoms with Gasteiger partial charge in [0.15, 0.2) is 11.5 Å². The van der Waals surface area contributed by atoms with Crippen LogP contribution in [-0.4, -0.2) is 24.9 Å². The van der Waals surface area contributed by atoms with Crippen molar-refractivity contribution in [2.24, 2.45) is 0 Å². The molecule has 0 aliphatic carbocycles. The van der Waals surface area contributed by atoms with Gasteiger partial charge in [0.2, 0.25) is 0 Å². The molecule has 1 rings (SSSR count). The van der Waals surface area contributed by atoms with Crippen molar-refractivity contribution in [1.82, 2.24) is 0 Å². The van der Waals surface area contributed by atoms with E-state index in [1.807, 2.05) is 39.0 Å². The third-order valence-corrected chi connectivity index (χ3v) is 2.26. The van der Waals surface area contributed by atoms with Gasteiger partial charge in [0.1, 0.15) is 0 Å². The minimum atomic E-state index is 0.0491. The molecular formula is C13H19O3. The highest BCUT2D eigenvalue weighted by Gasteiger charge is 2.11. The summed E-state index contributed by atoms with van der Waals surface area (Å²) in [5.74, 6) is 2.33. The molecule has 0 aliphatic rings. The van der Waals surface area contributed by atoms with Crippen LogP contribution in [0.4, 0.5) is 0 Å². The summed E-state index contributed by atoms with van der Waals surface area (Å²) in [5, 5.41) is 9.06. The van der Waals surface area contributed by atoms with Gasteiger partial charge >= 0.3 is 0 Å². The van der Waals surface area contributed by atoms with Gasteiger partial charge in [0.05, 0.1) is 19.8 Å². The first-order chi connectivity index (χ1) is 7.58. The predicted octanol–water partition coefficient (Wildman–Crippen LogP) is 2.42. The second-order valence-corrected chi connectivity index (χ2v) is 3.97. The van der Waals surface area contributed by atoms with E-state index in [-0.39, 0.29) is 12.7 Å². The Balaban J connectivity index is 2.97. The Labute approximate surface area is 97.0 Å². The molecule has 1 aromatic rings. The van der Waals surface area contributed by atoms with Crippen molar-refractivity contribution in [3.63, 3.8) is 0 Å². The molecule has 16 heavy (non-hydrogen) atoms. The molecule has 0 saturated heterocycles. The van der Waals surface area contributed by atoms with E-state index in [9.17, 15) is 0 Å². The summed E-state index contributed by atoms with van der Waals surface area (Å²) in [6.45, 7) is 5.88. The van der Waals surface area contributed by atoms with Crippen molar-refractivity contribution < 1.29 is 14.6 Å². The first kappa shape index (κ1) is 12.8. The molecule has 3 heteroatoms. The van der Waals surface area contributed by atoms with Gasteiger partial charge in [0.25, 0.3) is 0 Å². The lowest BCUT2D eigenvalue weighted by atomic mass is 10.0. The molecule has 0 aliphatic heterocycles. The number of methoxy groups -OCH3 is 1. The number of hydrogen-bond donors (Lipinski definition) is 1.